The number of piperazine rings is 1. The van der Waals surface area contributed by atoms with E-state index in [0.29, 0.717) is 6.54 Å². The van der Waals surface area contributed by atoms with Gasteiger partial charge in [-0.05, 0) is 31.4 Å². The molecule has 5 nitrogen and oxygen atoms in total. The average Bonchev–Trinajstić information content (AvgIpc) is 2.28. The molecular formula is C11H20N2O3S. The molecule has 1 heterocycles. The number of amides is 1. The Balaban J connectivity index is 2.42. The lowest BCUT2D eigenvalue weighted by molar-refractivity contribution is -0.143. The van der Waals surface area contributed by atoms with Crippen LogP contribution in [0.4, 0.5) is 0 Å². The minimum Gasteiger partial charge on any atom is -0.481 e. The molecule has 0 aromatic carbocycles. The van der Waals surface area contributed by atoms with Crippen molar-refractivity contribution in [3.05, 3.63) is 0 Å². The third kappa shape index (κ3) is 4.95. The predicted octanol–water partition coefficient (Wildman–Crippen LogP) is 0.405. The number of carboxylic acids is 1. The Morgan fingerprint density at radius 2 is 2.35 bits per heavy atom. The molecule has 6 heteroatoms. The van der Waals surface area contributed by atoms with Gasteiger partial charge in [-0.2, -0.15) is 11.8 Å². The normalized spacial score (nSPS) is 21.2. The Hall–Kier alpha value is -0.750. The molecule has 0 aromatic heterocycles. The minimum atomic E-state index is -0.916. The number of aliphatic carboxylic acids is 1. The summed E-state index contributed by atoms with van der Waals surface area (Å²) in [7, 11) is 0. The minimum absolute atomic E-state index is 0.103. The molecule has 1 aliphatic heterocycles. The molecule has 1 unspecified atom stereocenters. The topological polar surface area (TPSA) is 69.6 Å². The van der Waals surface area contributed by atoms with E-state index in [0.717, 1.165) is 31.7 Å². The Kier molecular flexibility index (Phi) is 6.36. The third-order valence-corrected chi connectivity index (χ3v) is 3.55. The van der Waals surface area contributed by atoms with Gasteiger partial charge in [-0.25, -0.2) is 0 Å². The van der Waals surface area contributed by atoms with Gasteiger partial charge in [0.15, 0.2) is 0 Å². The average molecular weight is 260 g/mol. The van der Waals surface area contributed by atoms with Crippen molar-refractivity contribution in [1.29, 1.82) is 0 Å². The lowest BCUT2D eigenvalue weighted by Gasteiger charge is -2.34. The maximum Gasteiger partial charge on any atom is 0.305 e. The predicted molar refractivity (Wildman–Crippen MR) is 68.2 cm³/mol. The van der Waals surface area contributed by atoms with E-state index in [1.54, 1.807) is 0 Å². The standard InChI is InChI=1S/C11H20N2O3S/c1-17-7-3-2-5-13-6-4-12-11(16)9(13)8-10(14)15/h9H,2-8H2,1H3,(H,12,16)(H,14,15). The molecule has 2 N–H and O–H groups in total. The van der Waals surface area contributed by atoms with Crippen LogP contribution in [-0.4, -0.2) is 59.6 Å². The van der Waals surface area contributed by atoms with Crippen molar-refractivity contribution in [2.75, 3.05) is 31.6 Å². The van der Waals surface area contributed by atoms with Gasteiger partial charge >= 0.3 is 5.97 Å². The summed E-state index contributed by atoms with van der Waals surface area (Å²) in [5, 5.41) is 11.5. The van der Waals surface area contributed by atoms with Crippen LogP contribution in [0.2, 0.25) is 0 Å². The maximum atomic E-state index is 11.6. The number of nitrogens with zero attached hydrogens (tertiary/aromatic N) is 1. The molecule has 1 saturated heterocycles. The quantitative estimate of drug-likeness (QED) is 0.649. The molecule has 98 valence electrons. The lowest BCUT2D eigenvalue weighted by atomic mass is 10.1. The molecule has 0 aromatic rings. The molecule has 1 amide bonds. The van der Waals surface area contributed by atoms with Crippen LogP contribution in [-0.2, 0) is 9.59 Å². The molecule has 1 fully saturated rings. The molecule has 0 saturated carbocycles. The zero-order valence-electron chi connectivity index (χ0n) is 10.1. The Labute approximate surface area is 106 Å². The number of carbonyl (C=O) groups excluding carboxylic acids is 1. The number of carbonyl (C=O) groups is 2. The molecule has 0 bridgehead atoms. The number of nitrogens with one attached hydrogen (secondary N) is 1. The van der Waals surface area contributed by atoms with Gasteiger partial charge in [0.2, 0.25) is 5.91 Å². The van der Waals surface area contributed by atoms with Gasteiger partial charge in [0.25, 0.3) is 0 Å². The first-order valence-electron chi connectivity index (χ1n) is 5.87. The van der Waals surface area contributed by atoms with E-state index in [1.165, 1.54) is 0 Å². The summed E-state index contributed by atoms with van der Waals surface area (Å²) in [4.78, 5) is 24.3. The number of unbranched alkanes of at least 4 members (excludes halogenated alkanes) is 1. The molecule has 0 aliphatic carbocycles. The number of thioether (sulfide) groups is 1. The van der Waals surface area contributed by atoms with Gasteiger partial charge in [0.05, 0.1) is 12.5 Å². The van der Waals surface area contributed by atoms with Crippen molar-refractivity contribution in [1.82, 2.24) is 10.2 Å². The van der Waals surface area contributed by atoms with E-state index in [2.05, 4.69) is 11.6 Å². The summed E-state index contributed by atoms with van der Waals surface area (Å²) >= 11 is 1.81. The van der Waals surface area contributed by atoms with Gasteiger partial charge in [0.1, 0.15) is 0 Å². The van der Waals surface area contributed by atoms with E-state index < -0.39 is 12.0 Å². The number of hydrogen-bond acceptors (Lipinski definition) is 4. The third-order valence-electron chi connectivity index (χ3n) is 2.85. The van der Waals surface area contributed by atoms with Crippen LogP contribution >= 0.6 is 11.8 Å². The summed E-state index contributed by atoms with van der Waals surface area (Å²) in [6.07, 6.45) is 4.10. The molecule has 0 spiro atoms. The number of carboxylic acid groups (broad SMARTS) is 1. The lowest BCUT2D eigenvalue weighted by Crippen LogP contribution is -2.56. The van der Waals surface area contributed by atoms with Crippen LogP contribution in [0.3, 0.4) is 0 Å². The van der Waals surface area contributed by atoms with E-state index in [-0.39, 0.29) is 12.3 Å². The number of rotatable bonds is 7. The summed E-state index contributed by atoms with van der Waals surface area (Å²) < 4.78 is 0. The first-order chi connectivity index (χ1) is 8.15. The van der Waals surface area contributed by atoms with Gasteiger partial charge in [0, 0.05) is 13.1 Å². The fraction of sp³-hybridized carbons (Fsp3) is 0.818. The highest BCUT2D eigenvalue weighted by Gasteiger charge is 2.30. The monoisotopic (exact) mass is 260 g/mol. The largest absolute Gasteiger partial charge is 0.481 e. The Morgan fingerprint density at radius 1 is 1.59 bits per heavy atom. The highest BCUT2D eigenvalue weighted by Crippen LogP contribution is 2.11. The van der Waals surface area contributed by atoms with Crippen molar-refractivity contribution in [2.45, 2.75) is 25.3 Å². The van der Waals surface area contributed by atoms with Gasteiger partial charge in [-0.1, -0.05) is 0 Å². The van der Waals surface area contributed by atoms with Crippen molar-refractivity contribution in [3.63, 3.8) is 0 Å². The molecule has 1 rings (SSSR count). The zero-order valence-corrected chi connectivity index (χ0v) is 11.0. The smallest absolute Gasteiger partial charge is 0.305 e. The molecule has 0 radical (unpaired) electrons. The fourth-order valence-corrected chi connectivity index (χ4v) is 2.47. The summed E-state index contributed by atoms with van der Waals surface area (Å²) in [5.74, 6) is 0.0496. The zero-order chi connectivity index (χ0) is 12.7. The Morgan fingerprint density at radius 3 is 3.00 bits per heavy atom. The van der Waals surface area contributed by atoms with Gasteiger partial charge in [-0.15, -0.1) is 0 Å². The van der Waals surface area contributed by atoms with Gasteiger partial charge < -0.3 is 10.4 Å². The van der Waals surface area contributed by atoms with Crippen molar-refractivity contribution >= 4 is 23.6 Å². The van der Waals surface area contributed by atoms with E-state index in [1.807, 2.05) is 16.7 Å². The van der Waals surface area contributed by atoms with Crippen LogP contribution in [0.1, 0.15) is 19.3 Å². The molecular weight excluding hydrogens is 240 g/mol. The van der Waals surface area contributed by atoms with Gasteiger partial charge in [-0.3, -0.25) is 14.5 Å². The van der Waals surface area contributed by atoms with Crippen LogP contribution in [0.25, 0.3) is 0 Å². The second-order valence-corrected chi connectivity index (χ2v) is 5.13. The maximum absolute atomic E-state index is 11.6. The second kappa shape index (κ2) is 7.55. The van der Waals surface area contributed by atoms with Crippen LogP contribution in [0, 0.1) is 0 Å². The molecule has 1 aliphatic rings. The molecule has 17 heavy (non-hydrogen) atoms. The van der Waals surface area contributed by atoms with Crippen molar-refractivity contribution in [3.8, 4) is 0 Å². The summed E-state index contributed by atoms with van der Waals surface area (Å²) in [6, 6.07) is -0.490. The fourth-order valence-electron chi connectivity index (χ4n) is 1.98. The molecule has 1 atom stereocenters. The highest BCUT2D eigenvalue weighted by atomic mass is 32.2. The van der Waals surface area contributed by atoms with Crippen LogP contribution in [0.5, 0.6) is 0 Å². The highest BCUT2D eigenvalue weighted by molar-refractivity contribution is 7.98. The Bertz CT molecular complexity index is 273. The van der Waals surface area contributed by atoms with Crippen LogP contribution in [0.15, 0.2) is 0 Å². The second-order valence-electron chi connectivity index (χ2n) is 4.14. The van der Waals surface area contributed by atoms with E-state index >= 15 is 0 Å². The number of hydrogen-bond donors (Lipinski definition) is 2. The van der Waals surface area contributed by atoms with E-state index in [4.69, 9.17) is 5.11 Å². The van der Waals surface area contributed by atoms with Crippen molar-refractivity contribution in [2.24, 2.45) is 0 Å². The summed E-state index contributed by atoms with van der Waals surface area (Å²) in [6.45, 7) is 2.19. The van der Waals surface area contributed by atoms with Crippen molar-refractivity contribution < 1.29 is 14.7 Å². The van der Waals surface area contributed by atoms with E-state index in [9.17, 15) is 9.59 Å². The first-order valence-corrected chi connectivity index (χ1v) is 7.27. The summed E-state index contributed by atoms with van der Waals surface area (Å²) in [5.41, 5.74) is 0. The SMILES string of the molecule is CSCCCCN1CCNC(=O)C1CC(=O)O. The van der Waals surface area contributed by atoms with Crippen LogP contribution < -0.4 is 5.32 Å². The first kappa shape index (κ1) is 14.3.